The second-order valence-electron chi connectivity index (χ2n) is 29.5. The van der Waals surface area contributed by atoms with Crippen LogP contribution < -0.4 is 4.89 Å². The second-order valence-corrected chi connectivity index (χ2v) is 30.9. The van der Waals surface area contributed by atoms with Gasteiger partial charge in [-0.3, -0.25) is 14.2 Å². The molecule has 0 aliphatic heterocycles. The number of carbonyl (C=O) groups excluding carboxylic acids is 2. The highest BCUT2D eigenvalue weighted by Gasteiger charge is 2.22. The first-order valence-electron chi connectivity index (χ1n) is 41.9. The number of likely N-dealkylation sites (N-methyl/N-ethyl adjacent to an activating group) is 1. The highest BCUT2D eigenvalue weighted by Crippen LogP contribution is 2.38. The van der Waals surface area contributed by atoms with Crippen LogP contribution in [0.2, 0.25) is 0 Å². The number of ether oxygens (including phenoxy) is 2. The first-order valence-corrected chi connectivity index (χ1v) is 43.4. The molecule has 0 bridgehead atoms. The first kappa shape index (κ1) is 94.9. The number of unbranched alkanes of at least 4 members (excludes halogenated alkanes) is 48. The second kappa shape index (κ2) is 78.1. The number of carbonyl (C=O) groups is 2. The molecule has 0 amide bonds. The number of phosphoric acid groups is 1. The molecule has 0 saturated carbocycles. The Hall–Kier alpha value is -3.07. The third kappa shape index (κ3) is 81.9. The molecule has 0 fully saturated rings. The number of nitrogens with zero attached hydrogens (tertiary/aromatic N) is 1. The molecule has 0 spiro atoms. The zero-order chi connectivity index (χ0) is 71.1. The van der Waals surface area contributed by atoms with Crippen LogP contribution in [-0.2, 0) is 32.7 Å². The van der Waals surface area contributed by atoms with Gasteiger partial charge in [-0.2, -0.15) is 0 Å². The summed E-state index contributed by atoms with van der Waals surface area (Å²) in [5.41, 5.74) is 0. The van der Waals surface area contributed by atoms with Crippen molar-refractivity contribution < 1.29 is 42.1 Å². The van der Waals surface area contributed by atoms with Gasteiger partial charge in [0.05, 0.1) is 27.7 Å². The molecule has 0 saturated heterocycles. The average molecular weight is 1390 g/mol. The first-order chi connectivity index (χ1) is 48.0. The fourth-order valence-corrected chi connectivity index (χ4v) is 13.0. The van der Waals surface area contributed by atoms with E-state index < -0.39 is 26.5 Å². The Labute approximate surface area is 608 Å². The summed E-state index contributed by atoms with van der Waals surface area (Å²) in [6.45, 7) is 4.18. The van der Waals surface area contributed by atoms with E-state index in [4.69, 9.17) is 18.5 Å². The molecule has 10 heteroatoms. The van der Waals surface area contributed by atoms with Crippen LogP contribution in [0.25, 0.3) is 0 Å². The lowest BCUT2D eigenvalue weighted by atomic mass is 10.0. The van der Waals surface area contributed by atoms with Crippen molar-refractivity contribution in [2.75, 3.05) is 47.5 Å². The quantitative estimate of drug-likeness (QED) is 0.0195. The Morgan fingerprint density at radius 1 is 0.327 bits per heavy atom. The summed E-state index contributed by atoms with van der Waals surface area (Å²) in [6, 6.07) is 0. The molecule has 0 N–H and O–H groups in total. The molecule has 0 aliphatic carbocycles. The number of allylic oxidation sites excluding steroid dienone is 16. The number of phosphoric ester groups is 1. The highest BCUT2D eigenvalue weighted by atomic mass is 31.2. The van der Waals surface area contributed by atoms with Crippen LogP contribution >= 0.6 is 7.82 Å². The fraction of sp³-hybridized carbons (Fsp3) is 0.795. The van der Waals surface area contributed by atoms with E-state index >= 15 is 0 Å². The molecule has 2 unspecified atom stereocenters. The van der Waals surface area contributed by atoms with Crippen molar-refractivity contribution in [2.45, 2.75) is 405 Å². The predicted octanol–water partition coefficient (Wildman–Crippen LogP) is 27.5. The van der Waals surface area contributed by atoms with Crippen molar-refractivity contribution in [3.63, 3.8) is 0 Å². The van der Waals surface area contributed by atoms with Gasteiger partial charge >= 0.3 is 11.9 Å². The Morgan fingerprint density at radius 2 is 0.582 bits per heavy atom. The maximum absolute atomic E-state index is 12.9. The summed E-state index contributed by atoms with van der Waals surface area (Å²) in [5, 5.41) is 0. The molecule has 0 radical (unpaired) electrons. The van der Waals surface area contributed by atoms with Gasteiger partial charge in [0.1, 0.15) is 19.8 Å². The molecule has 9 nitrogen and oxygen atoms in total. The predicted molar refractivity (Wildman–Crippen MR) is 425 cm³/mol. The van der Waals surface area contributed by atoms with Crippen LogP contribution in [0.3, 0.4) is 0 Å². The number of esters is 2. The van der Waals surface area contributed by atoms with E-state index in [-0.39, 0.29) is 32.0 Å². The van der Waals surface area contributed by atoms with Crippen LogP contribution in [0.15, 0.2) is 97.2 Å². The Kier molecular flexibility index (Phi) is 75.6. The van der Waals surface area contributed by atoms with Gasteiger partial charge in [0.15, 0.2) is 6.10 Å². The van der Waals surface area contributed by atoms with Crippen molar-refractivity contribution in [1.82, 2.24) is 0 Å². The number of rotatable bonds is 78. The minimum absolute atomic E-state index is 0.0336. The van der Waals surface area contributed by atoms with Crippen LogP contribution in [0.1, 0.15) is 399 Å². The fourth-order valence-electron chi connectivity index (χ4n) is 12.3. The van der Waals surface area contributed by atoms with E-state index in [1.807, 2.05) is 21.1 Å². The lowest BCUT2D eigenvalue weighted by Gasteiger charge is -2.28. The SMILES string of the molecule is CC/C=C\C/C=C\C/C=C\C/C=C\C/C=C\C/C=C\C/C=C\C/C=C\CCCCCCCCCCCCC(=O)OC(COC(=O)CCCCCCCCCCCCCCCCCCCCCCCCCCCCCCCCCCCCCCCCC)COP(=O)([O-])OCC[N+](C)(C)C. The van der Waals surface area contributed by atoms with Crippen molar-refractivity contribution in [2.24, 2.45) is 0 Å². The van der Waals surface area contributed by atoms with Gasteiger partial charge in [-0.15, -0.1) is 0 Å². The summed E-state index contributed by atoms with van der Waals surface area (Å²) < 4.78 is 34.4. The largest absolute Gasteiger partial charge is 0.756 e. The van der Waals surface area contributed by atoms with E-state index in [1.165, 1.54) is 270 Å². The zero-order valence-corrected chi connectivity index (χ0v) is 66.1. The standard InChI is InChI=1S/C88H160NO8P/c1-6-8-10-12-14-16-18-20-22-24-26-28-30-32-34-36-38-40-42-43-44-45-47-48-50-52-54-56-58-60-62-64-66-68-70-72-74-76-78-80-87(90)94-84-86(85-96-98(92,93)95-83-82-89(3,4)5)97-88(91)81-79-77-75-73-71-69-67-65-63-61-59-57-55-53-51-49-46-41-39-37-35-33-31-29-27-25-23-21-19-17-15-13-11-9-7-2/h9,11,15,17,21,23,27,29,33,35,39,41,49,51,55,57,86H,6-8,10,12-14,16,18-20,22,24-26,28,30-32,34,36-38,40,42-48,50,52-54,56,58-85H2,1-5H3/b11-9-,17-15-,23-21-,29-27-,35-33-,41-39-,51-49-,57-55-. The smallest absolute Gasteiger partial charge is 0.306 e. The summed E-state index contributed by atoms with van der Waals surface area (Å²) in [5.74, 6) is -0.825. The van der Waals surface area contributed by atoms with Crippen molar-refractivity contribution in [3.8, 4) is 0 Å². The molecule has 0 aliphatic rings. The lowest BCUT2D eigenvalue weighted by Crippen LogP contribution is -2.37. The van der Waals surface area contributed by atoms with Crippen molar-refractivity contribution >= 4 is 19.8 Å². The molecular formula is C88H160NO8P. The van der Waals surface area contributed by atoms with E-state index in [0.29, 0.717) is 17.4 Å². The molecule has 0 aromatic carbocycles. The van der Waals surface area contributed by atoms with Gasteiger partial charge in [0.2, 0.25) is 0 Å². The normalized spacial score (nSPS) is 13.5. The van der Waals surface area contributed by atoms with Gasteiger partial charge in [-0.1, -0.05) is 406 Å². The van der Waals surface area contributed by atoms with Crippen molar-refractivity contribution in [1.29, 1.82) is 0 Å². The van der Waals surface area contributed by atoms with Gasteiger partial charge in [-0.25, -0.2) is 0 Å². The zero-order valence-electron chi connectivity index (χ0n) is 65.2. The third-order valence-corrected chi connectivity index (χ3v) is 19.6. The van der Waals surface area contributed by atoms with Crippen LogP contribution in [0.4, 0.5) is 0 Å². The Morgan fingerprint density at radius 3 is 0.867 bits per heavy atom. The van der Waals surface area contributed by atoms with E-state index in [2.05, 4.69) is 111 Å². The number of quaternary nitrogens is 1. The van der Waals surface area contributed by atoms with E-state index in [1.54, 1.807) is 0 Å². The molecule has 0 heterocycles. The molecule has 0 aromatic rings. The summed E-state index contributed by atoms with van der Waals surface area (Å²) in [6.07, 6.45) is 110. The molecule has 570 valence electrons. The molecular weight excluding hydrogens is 1230 g/mol. The maximum Gasteiger partial charge on any atom is 0.306 e. The van der Waals surface area contributed by atoms with Crippen LogP contribution in [0, 0.1) is 0 Å². The summed E-state index contributed by atoms with van der Waals surface area (Å²) >= 11 is 0. The average Bonchev–Trinajstić information content (AvgIpc) is 1.08. The molecule has 0 aromatic heterocycles. The molecule has 98 heavy (non-hydrogen) atoms. The highest BCUT2D eigenvalue weighted by molar-refractivity contribution is 7.45. The maximum atomic E-state index is 12.9. The Balaban J connectivity index is 3.94. The monoisotopic (exact) mass is 1390 g/mol. The summed E-state index contributed by atoms with van der Waals surface area (Å²) in [7, 11) is 1.17. The van der Waals surface area contributed by atoms with Gasteiger partial charge < -0.3 is 27.9 Å². The van der Waals surface area contributed by atoms with Crippen LogP contribution in [0.5, 0.6) is 0 Å². The van der Waals surface area contributed by atoms with Gasteiger partial charge in [0.25, 0.3) is 7.82 Å². The summed E-state index contributed by atoms with van der Waals surface area (Å²) in [4.78, 5) is 38.2. The number of hydrogen-bond donors (Lipinski definition) is 0. The Bertz CT molecular complexity index is 1980. The lowest BCUT2D eigenvalue weighted by molar-refractivity contribution is -0.870. The molecule has 2 atom stereocenters. The van der Waals surface area contributed by atoms with Gasteiger partial charge in [0, 0.05) is 12.8 Å². The minimum Gasteiger partial charge on any atom is -0.756 e. The third-order valence-electron chi connectivity index (χ3n) is 18.6. The van der Waals surface area contributed by atoms with Crippen molar-refractivity contribution in [3.05, 3.63) is 97.2 Å². The number of hydrogen-bond acceptors (Lipinski definition) is 8. The van der Waals surface area contributed by atoms with Crippen LogP contribution in [-0.4, -0.2) is 70.0 Å². The topological polar surface area (TPSA) is 111 Å². The molecule has 0 rings (SSSR count). The van der Waals surface area contributed by atoms with E-state index in [9.17, 15) is 19.0 Å². The van der Waals surface area contributed by atoms with Gasteiger partial charge in [-0.05, 0) is 77.0 Å². The minimum atomic E-state index is -4.65. The van der Waals surface area contributed by atoms with E-state index in [0.717, 1.165) is 96.3 Å².